The van der Waals surface area contributed by atoms with Crippen molar-refractivity contribution in [3.63, 3.8) is 0 Å². The van der Waals surface area contributed by atoms with Crippen LogP contribution in [-0.2, 0) is 0 Å². The Morgan fingerprint density at radius 2 is 1.77 bits per heavy atom. The summed E-state index contributed by atoms with van der Waals surface area (Å²) < 4.78 is 17.0. The lowest BCUT2D eigenvalue weighted by Crippen LogP contribution is -2.28. The summed E-state index contributed by atoms with van der Waals surface area (Å²) >= 11 is 0. The summed E-state index contributed by atoms with van der Waals surface area (Å²) in [5, 5.41) is 8.69. The molecule has 1 saturated heterocycles. The van der Waals surface area contributed by atoms with E-state index in [9.17, 15) is 0 Å². The zero-order valence-corrected chi connectivity index (χ0v) is 18.1. The van der Waals surface area contributed by atoms with Gasteiger partial charge in [-0.1, -0.05) is 20.8 Å². The van der Waals surface area contributed by atoms with Gasteiger partial charge in [0.05, 0.1) is 5.69 Å². The van der Waals surface area contributed by atoms with E-state index in [4.69, 9.17) is 14.2 Å². The van der Waals surface area contributed by atoms with Crippen molar-refractivity contribution in [2.24, 2.45) is 17.3 Å². The molecule has 160 valence electrons. The van der Waals surface area contributed by atoms with Crippen LogP contribution in [0.15, 0.2) is 30.3 Å². The Morgan fingerprint density at radius 3 is 2.47 bits per heavy atom. The third-order valence-electron chi connectivity index (χ3n) is 6.56. The van der Waals surface area contributed by atoms with Crippen LogP contribution < -0.4 is 14.2 Å². The number of rotatable bonds is 5. The number of aromatic nitrogens is 2. The van der Waals surface area contributed by atoms with Crippen LogP contribution in [0.1, 0.15) is 40.0 Å². The van der Waals surface area contributed by atoms with Gasteiger partial charge in [-0.25, -0.2) is 0 Å². The van der Waals surface area contributed by atoms with Crippen molar-refractivity contribution in [1.29, 1.82) is 0 Å². The van der Waals surface area contributed by atoms with E-state index in [1.165, 1.54) is 26.1 Å². The molecule has 3 heterocycles. The van der Waals surface area contributed by atoms with Crippen LogP contribution >= 0.6 is 0 Å². The van der Waals surface area contributed by atoms with E-state index in [0.717, 1.165) is 47.4 Å². The summed E-state index contributed by atoms with van der Waals surface area (Å²) in [4.78, 5) is 2.65. The molecule has 0 unspecified atom stereocenters. The van der Waals surface area contributed by atoms with Gasteiger partial charge in [-0.3, -0.25) is 0 Å². The predicted octanol–water partition coefficient (Wildman–Crippen LogP) is 4.40. The van der Waals surface area contributed by atoms with Crippen LogP contribution in [0.3, 0.4) is 0 Å². The van der Waals surface area contributed by atoms with Crippen molar-refractivity contribution >= 4 is 0 Å². The second kappa shape index (κ2) is 7.73. The molecule has 6 heteroatoms. The molecule has 0 N–H and O–H groups in total. The molecule has 30 heavy (non-hydrogen) atoms. The first-order chi connectivity index (χ1) is 14.4. The highest BCUT2D eigenvalue weighted by atomic mass is 16.7. The SMILES string of the molecule is CC(C)(C)CCN1C[C@H]2C[C@@H](Oc3ccc(-c4ccc5c(c4)OCO5)nn3)C[C@H]2C1. The molecule has 2 fully saturated rings. The maximum absolute atomic E-state index is 6.19. The standard InChI is InChI=1S/C24H31N3O3/c1-24(2,3)8-9-27-13-17-10-19(11-18(17)14-27)30-23-7-5-20(25-26-23)16-4-6-21-22(12-16)29-15-28-21/h4-7,12,17-19H,8-11,13-15H2,1-3H3/t17-,18+,19-. The fraction of sp³-hybridized carbons (Fsp3) is 0.583. The molecule has 5 rings (SSSR count). The second-order valence-corrected chi connectivity index (χ2v) is 10.1. The maximum Gasteiger partial charge on any atom is 0.233 e. The van der Waals surface area contributed by atoms with Crippen molar-refractivity contribution in [3.8, 4) is 28.6 Å². The molecule has 0 spiro atoms. The van der Waals surface area contributed by atoms with Gasteiger partial charge in [0.1, 0.15) is 6.10 Å². The zero-order valence-electron chi connectivity index (χ0n) is 18.1. The molecular weight excluding hydrogens is 378 g/mol. The van der Waals surface area contributed by atoms with Crippen molar-refractivity contribution < 1.29 is 14.2 Å². The molecule has 0 bridgehead atoms. The topological polar surface area (TPSA) is 56.7 Å². The molecule has 0 amide bonds. The summed E-state index contributed by atoms with van der Waals surface area (Å²) in [6.45, 7) is 10.9. The molecule has 1 aliphatic carbocycles. The Hall–Kier alpha value is -2.34. The van der Waals surface area contributed by atoms with Crippen molar-refractivity contribution in [2.45, 2.75) is 46.1 Å². The van der Waals surface area contributed by atoms with Gasteiger partial charge in [0, 0.05) is 24.7 Å². The Balaban J connectivity index is 1.15. The second-order valence-electron chi connectivity index (χ2n) is 10.1. The van der Waals surface area contributed by atoms with Crippen LogP contribution in [0.25, 0.3) is 11.3 Å². The Bertz CT molecular complexity index is 880. The largest absolute Gasteiger partial charge is 0.473 e. The Morgan fingerprint density at radius 1 is 1.00 bits per heavy atom. The van der Waals surface area contributed by atoms with Gasteiger partial charge in [0.25, 0.3) is 0 Å². The molecule has 0 radical (unpaired) electrons. The monoisotopic (exact) mass is 409 g/mol. The van der Waals surface area contributed by atoms with Gasteiger partial charge in [0.15, 0.2) is 11.5 Å². The molecular formula is C24H31N3O3. The summed E-state index contributed by atoms with van der Waals surface area (Å²) in [6, 6.07) is 9.71. The molecule has 2 aliphatic heterocycles. The minimum Gasteiger partial charge on any atom is -0.473 e. The molecule has 1 aromatic heterocycles. The van der Waals surface area contributed by atoms with Crippen LogP contribution in [0.2, 0.25) is 0 Å². The highest BCUT2D eigenvalue weighted by molar-refractivity contribution is 5.64. The van der Waals surface area contributed by atoms with E-state index in [0.29, 0.717) is 11.3 Å². The quantitative estimate of drug-likeness (QED) is 0.730. The van der Waals surface area contributed by atoms with Gasteiger partial charge in [-0.2, -0.15) is 0 Å². The number of ether oxygens (including phenoxy) is 3. The molecule has 1 saturated carbocycles. The van der Waals surface area contributed by atoms with Crippen molar-refractivity contribution in [3.05, 3.63) is 30.3 Å². The summed E-state index contributed by atoms with van der Waals surface area (Å²) in [5.41, 5.74) is 2.18. The average molecular weight is 410 g/mol. The van der Waals surface area contributed by atoms with Crippen LogP contribution in [-0.4, -0.2) is 47.6 Å². The van der Waals surface area contributed by atoms with Crippen molar-refractivity contribution in [1.82, 2.24) is 15.1 Å². The maximum atomic E-state index is 6.19. The Kier molecular flexibility index (Phi) is 5.05. The third kappa shape index (κ3) is 4.24. The van der Waals surface area contributed by atoms with E-state index in [2.05, 4.69) is 35.9 Å². The van der Waals surface area contributed by atoms with E-state index >= 15 is 0 Å². The molecule has 3 atom stereocenters. The van der Waals surface area contributed by atoms with Gasteiger partial charge in [-0.05, 0) is 67.3 Å². The first kappa shape index (κ1) is 19.6. The normalized spacial score (nSPS) is 25.5. The molecule has 3 aliphatic rings. The fourth-order valence-electron chi connectivity index (χ4n) is 4.88. The summed E-state index contributed by atoms with van der Waals surface area (Å²) in [5.74, 6) is 3.67. The molecule has 6 nitrogen and oxygen atoms in total. The van der Waals surface area contributed by atoms with Crippen LogP contribution in [0.4, 0.5) is 0 Å². The molecule has 2 aromatic rings. The lowest BCUT2D eigenvalue weighted by molar-refractivity contribution is 0.173. The van der Waals surface area contributed by atoms with E-state index in [-0.39, 0.29) is 12.9 Å². The molecule has 1 aromatic carbocycles. The van der Waals surface area contributed by atoms with Crippen molar-refractivity contribution in [2.75, 3.05) is 26.4 Å². The number of hydrogen-bond donors (Lipinski definition) is 0. The lowest BCUT2D eigenvalue weighted by atomic mass is 9.92. The van der Waals surface area contributed by atoms with Gasteiger partial charge < -0.3 is 19.1 Å². The summed E-state index contributed by atoms with van der Waals surface area (Å²) in [6.07, 6.45) is 3.78. The summed E-state index contributed by atoms with van der Waals surface area (Å²) in [7, 11) is 0. The lowest BCUT2D eigenvalue weighted by Gasteiger charge is -2.24. The van der Waals surface area contributed by atoms with Gasteiger partial charge in [0.2, 0.25) is 12.7 Å². The fourth-order valence-corrected chi connectivity index (χ4v) is 4.88. The van der Waals surface area contributed by atoms with E-state index < -0.39 is 0 Å². The predicted molar refractivity (Wildman–Crippen MR) is 115 cm³/mol. The number of fused-ring (bicyclic) bond motifs is 2. The average Bonchev–Trinajstić information content (AvgIpc) is 3.40. The minimum atomic E-state index is 0.260. The minimum absolute atomic E-state index is 0.260. The van der Waals surface area contributed by atoms with Gasteiger partial charge >= 0.3 is 0 Å². The van der Waals surface area contributed by atoms with Gasteiger partial charge in [-0.15, -0.1) is 10.2 Å². The van der Waals surface area contributed by atoms with Crippen LogP contribution in [0.5, 0.6) is 17.4 Å². The number of benzene rings is 1. The van der Waals surface area contributed by atoms with E-state index in [1.54, 1.807) is 0 Å². The number of likely N-dealkylation sites (tertiary alicyclic amines) is 1. The highest BCUT2D eigenvalue weighted by Gasteiger charge is 2.41. The number of nitrogens with zero attached hydrogens (tertiary/aromatic N) is 3. The number of hydrogen-bond acceptors (Lipinski definition) is 6. The third-order valence-corrected chi connectivity index (χ3v) is 6.56. The first-order valence-corrected chi connectivity index (χ1v) is 11.1. The highest BCUT2D eigenvalue weighted by Crippen LogP contribution is 2.40. The smallest absolute Gasteiger partial charge is 0.233 e. The Labute approximate surface area is 178 Å². The van der Waals surface area contributed by atoms with E-state index in [1.807, 2.05) is 30.3 Å². The zero-order chi connectivity index (χ0) is 20.7. The first-order valence-electron chi connectivity index (χ1n) is 11.1. The van der Waals surface area contributed by atoms with Crippen LogP contribution in [0, 0.1) is 17.3 Å².